The molecule has 2 aromatic rings. The summed E-state index contributed by atoms with van der Waals surface area (Å²) in [6, 6.07) is 8.79. The van der Waals surface area contributed by atoms with Crippen molar-refractivity contribution in [1.82, 2.24) is 4.72 Å². The number of ketones is 1. The Hall–Kier alpha value is -2.69. The molecule has 8 nitrogen and oxygen atoms in total. The number of sulfonamides is 1. The van der Waals surface area contributed by atoms with Crippen LogP contribution in [0.1, 0.15) is 22.3 Å². The number of rotatable bonds is 10. The quantitative estimate of drug-likeness (QED) is 0.382. The van der Waals surface area contributed by atoms with Gasteiger partial charge in [0.2, 0.25) is 10.0 Å². The summed E-state index contributed by atoms with van der Waals surface area (Å²) < 4.78 is 37.6. The lowest BCUT2D eigenvalue weighted by molar-refractivity contribution is -0.136. The minimum Gasteiger partial charge on any atom is -0.493 e. The maximum Gasteiger partial charge on any atom is 0.304 e. The van der Waals surface area contributed by atoms with Crippen LogP contribution in [0.15, 0.2) is 51.8 Å². The van der Waals surface area contributed by atoms with Crippen molar-refractivity contribution in [2.24, 2.45) is 0 Å². The SMILES string of the molecule is COc1cc(Br)c(/C=C/C(=O)c2ccc(S(=O)(=O)NCCC(=O)O)cc2)cc1OC. The molecule has 10 heteroatoms. The molecule has 0 saturated heterocycles. The van der Waals surface area contributed by atoms with Gasteiger partial charge in [0.05, 0.1) is 25.5 Å². The summed E-state index contributed by atoms with van der Waals surface area (Å²) in [7, 11) is -0.815. The van der Waals surface area contributed by atoms with Crippen LogP contribution in [-0.2, 0) is 14.8 Å². The molecule has 0 fully saturated rings. The van der Waals surface area contributed by atoms with Crippen LogP contribution in [0.4, 0.5) is 0 Å². The average molecular weight is 498 g/mol. The Morgan fingerprint density at radius 3 is 2.27 bits per heavy atom. The molecule has 0 heterocycles. The molecule has 2 aromatic carbocycles. The fourth-order valence-electron chi connectivity index (χ4n) is 2.43. The lowest BCUT2D eigenvalue weighted by Gasteiger charge is -2.09. The highest BCUT2D eigenvalue weighted by molar-refractivity contribution is 9.10. The molecule has 0 aliphatic rings. The molecule has 2 N–H and O–H groups in total. The van der Waals surface area contributed by atoms with E-state index in [1.54, 1.807) is 18.2 Å². The predicted octanol–water partition coefficient (Wildman–Crippen LogP) is 3.12. The van der Waals surface area contributed by atoms with E-state index in [1.165, 1.54) is 44.6 Å². The van der Waals surface area contributed by atoms with Gasteiger partial charge in [-0.25, -0.2) is 13.1 Å². The van der Waals surface area contributed by atoms with Gasteiger partial charge in [-0.05, 0) is 54.1 Å². The summed E-state index contributed by atoms with van der Waals surface area (Å²) in [5.41, 5.74) is 0.996. The van der Waals surface area contributed by atoms with E-state index in [0.717, 1.165) is 0 Å². The molecule has 0 spiro atoms. The number of hydrogen-bond acceptors (Lipinski definition) is 6. The maximum absolute atomic E-state index is 12.4. The predicted molar refractivity (Wildman–Crippen MR) is 114 cm³/mol. The molecule has 0 aliphatic heterocycles. The van der Waals surface area contributed by atoms with Gasteiger partial charge in [0.1, 0.15) is 0 Å². The summed E-state index contributed by atoms with van der Waals surface area (Å²) in [5.74, 6) is -0.370. The van der Waals surface area contributed by atoms with E-state index < -0.39 is 16.0 Å². The molecule has 0 atom stereocenters. The van der Waals surface area contributed by atoms with Crippen molar-refractivity contribution in [3.05, 3.63) is 58.1 Å². The van der Waals surface area contributed by atoms with Crippen molar-refractivity contribution in [2.45, 2.75) is 11.3 Å². The van der Waals surface area contributed by atoms with Crippen molar-refractivity contribution >= 4 is 43.8 Å². The first-order valence-electron chi connectivity index (χ1n) is 8.63. The Morgan fingerprint density at radius 1 is 1.10 bits per heavy atom. The number of aliphatic carboxylic acids is 1. The molecule has 0 unspecified atom stereocenters. The van der Waals surface area contributed by atoms with Crippen LogP contribution in [0.5, 0.6) is 11.5 Å². The minimum atomic E-state index is -3.85. The molecule has 30 heavy (non-hydrogen) atoms. The number of allylic oxidation sites excluding steroid dienone is 1. The summed E-state index contributed by atoms with van der Waals surface area (Å²) in [6.07, 6.45) is 2.64. The Balaban J connectivity index is 2.14. The van der Waals surface area contributed by atoms with E-state index in [0.29, 0.717) is 27.1 Å². The number of halogens is 1. The number of carbonyl (C=O) groups is 2. The zero-order valence-electron chi connectivity index (χ0n) is 16.2. The molecular formula is C20H20BrNO7S. The molecule has 0 radical (unpaired) electrons. The van der Waals surface area contributed by atoms with Crippen molar-refractivity contribution in [3.63, 3.8) is 0 Å². The fourth-order valence-corrected chi connectivity index (χ4v) is 3.92. The van der Waals surface area contributed by atoms with Gasteiger partial charge < -0.3 is 14.6 Å². The number of ether oxygens (including phenoxy) is 2. The Kier molecular flexibility index (Phi) is 8.16. The average Bonchev–Trinajstić information content (AvgIpc) is 2.72. The number of benzene rings is 2. The molecule has 0 aliphatic carbocycles. The van der Waals surface area contributed by atoms with E-state index in [1.807, 2.05) is 0 Å². The van der Waals surface area contributed by atoms with E-state index in [9.17, 15) is 18.0 Å². The smallest absolute Gasteiger partial charge is 0.304 e. The number of carboxylic acid groups (broad SMARTS) is 1. The largest absolute Gasteiger partial charge is 0.493 e. The summed E-state index contributed by atoms with van der Waals surface area (Å²) in [6.45, 7) is -0.221. The highest BCUT2D eigenvalue weighted by Gasteiger charge is 2.15. The third-order valence-electron chi connectivity index (χ3n) is 4.00. The van der Waals surface area contributed by atoms with Crippen LogP contribution in [-0.4, -0.2) is 46.0 Å². The fraction of sp³-hybridized carbons (Fsp3) is 0.200. The van der Waals surface area contributed by atoms with Gasteiger partial charge in [-0.15, -0.1) is 0 Å². The lowest BCUT2D eigenvalue weighted by Crippen LogP contribution is -2.26. The molecule has 0 amide bonds. The minimum absolute atomic E-state index is 0.0592. The Bertz CT molecular complexity index is 1060. The first-order valence-corrected chi connectivity index (χ1v) is 10.9. The van der Waals surface area contributed by atoms with Crippen molar-refractivity contribution in [2.75, 3.05) is 20.8 Å². The zero-order chi connectivity index (χ0) is 22.3. The highest BCUT2D eigenvalue weighted by Crippen LogP contribution is 2.33. The Labute approximate surface area is 182 Å². The Morgan fingerprint density at radius 2 is 1.70 bits per heavy atom. The van der Waals surface area contributed by atoms with Crippen LogP contribution in [0, 0.1) is 0 Å². The van der Waals surface area contributed by atoms with E-state index in [4.69, 9.17) is 14.6 Å². The summed E-state index contributed by atoms with van der Waals surface area (Å²) >= 11 is 3.41. The van der Waals surface area contributed by atoms with Crippen molar-refractivity contribution in [3.8, 4) is 11.5 Å². The van der Waals surface area contributed by atoms with Gasteiger partial charge in [-0.3, -0.25) is 9.59 Å². The van der Waals surface area contributed by atoms with Gasteiger partial charge in [-0.1, -0.05) is 15.9 Å². The van der Waals surface area contributed by atoms with Crippen molar-refractivity contribution in [1.29, 1.82) is 0 Å². The third kappa shape index (κ3) is 6.15. The second-order valence-corrected chi connectivity index (χ2v) is 8.61. The number of nitrogens with one attached hydrogen (secondary N) is 1. The second-order valence-electron chi connectivity index (χ2n) is 5.99. The topological polar surface area (TPSA) is 119 Å². The first-order chi connectivity index (χ1) is 14.2. The molecule has 0 bridgehead atoms. The standard InChI is InChI=1S/C20H20BrNO7S/c1-28-18-11-14(16(21)12-19(18)29-2)5-8-17(23)13-3-6-15(7-4-13)30(26,27)22-10-9-20(24)25/h3-8,11-12,22H,9-10H2,1-2H3,(H,24,25)/b8-5+. The lowest BCUT2D eigenvalue weighted by atomic mass is 10.1. The molecule has 0 saturated carbocycles. The second kappa shape index (κ2) is 10.4. The van der Waals surface area contributed by atoms with Crippen LogP contribution >= 0.6 is 15.9 Å². The number of methoxy groups -OCH3 is 2. The van der Waals surface area contributed by atoms with Crippen LogP contribution < -0.4 is 14.2 Å². The normalized spacial score (nSPS) is 11.4. The number of hydrogen-bond donors (Lipinski definition) is 2. The van der Waals surface area contributed by atoms with Crippen molar-refractivity contribution < 1.29 is 32.6 Å². The molecular weight excluding hydrogens is 478 g/mol. The van der Waals surface area contributed by atoms with Crippen LogP contribution in [0.3, 0.4) is 0 Å². The monoisotopic (exact) mass is 497 g/mol. The van der Waals surface area contributed by atoms with E-state index in [2.05, 4.69) is 20.7 Å². The summed E-state index contributed by atoms with van der Waals surface area (Å²) in [4.78, 5) is 22.9. The molecule has 160 valence electrons. The molecule has 0 aromatic heterocycles. The van der Waals surface area contributed by atoms with E-state index in [-0.39, 0.29) is 23.6 Å². The van der Waals surface area contributed by atoms with Gasteiger partial charge >= 0.3 is 5.97 Å². The van der Waals surface area contributed by atoms with Gasteiger partial charge in [-0.2, -0.15) is 0 Å². The first kappa shape index (κ1) is 23.6. The third-order valence-corrected chi connectivity index (χ3v) is 6.16. The highest BCUT2D eigenvalue weighted by atomic mass is 79.9. The molecule has 2 rings (SSSR count). The van der Waals surface area contributed by atoms with Gasteiger partial charge in [0, 0.05) is 16.6 Å². The van der Waals surface area contributed by atoms with Crippen LogP contribution in [0.25, 0.3) is 6.08 Å². The number of carboxylic acids is 1. The van der Waals surface area contributed by atoms with Gasteiger partial charge in [0.25, 0.3) is 0 Å². The zero-order valence-corrected chi connectivity index (χ0v) is 18.6. The van der Waals surface area contributed by atoms with Gasteiger partial charge in [0.15, 0.2) is 17.3 Å². The van der Waals surface area contributed by atoms with E-state index >= 15 is 0 Å². The summed E-state index contributed by atoms with van der Waals surface area (Å²) in [5, 5.41) is 8.59. The number of carbonyl (C=O) groups excluding carboxylic acids is 1. The maximum atomic E-state index is 12.4. The van der Waals surface area contributed by atoms with Crippen LogP contribution in [0.2, 0.25) is 0 Å².